The van der Waals surface area contributed by atoms with Gasteiger partial charge >= 0.3 is 0 Å². The summed E-state index contributed by atoms with van der Waals surface area (Å²) in [6, 6.07) is 6.71. The summed E-state index contributed by atoms with van der Waals surface area (Å²) in [6.45, 7) is 3.16. The van der Waals surface area contributed by atoms with Gasteiger partial charge in [-0.2, -0.15) is 0 Å². The molecule has 5 nitrogen and oxygen atoms in total. The van der Waals surface area contributed by atoms with Crippen LogP contribution < -0.4 is 0 Å². The van der Waals surface area contributed by atoms with E-state index in [1.807, 2.05) is 0 Å². The summed E-state index contributed by atoms with van der Waals surface area (Å²) in [5.74, 6) is 0.153. The molecule has 0 spiro atoms. The first-order chi connectivity index (χ1) is 8.79. The number of para-hydroxylation sites is 1. The van der Waals surface area contributed by atoms with Gasteiger partial charge in [0.2, 0.25) is 0 Å². The van der Waals surface area contributed by atoms with Crippen LogP contribution in [0, 0.1) is 0 Å². The van der Waals surface area contributed by atoms with Crippen LogP contribution in [0.3, 0.4) is 0 Å². The number of benzene rings is 1. The molecule has 0 amide bonds. The third-order valence-electron chi connectivity index (χ3n) is 2.57. The minimum Gasteiger partial charge on any atom is -0.508 e. The van der Waals surface area contributed by atoms with E-state index in [1.54, 1.807) is 24.3 Å². The lowest BCUT2D eigenvalue weighted by Gasteiger charge is -1.96. The maximum absolute atomic E-state index is 8.95. The topological polar surface area (TPSA) is 74.8 Å². The van der Waals surface area contributed by atoms with E-state index in [4.69, 9.17) is 24.4 Å². The van der Waals surface area contributed by atoms with Gasteiger partial charge in [0.15, 0.2) is 0 Å². The van der Waals surface area contributed by atoms with E-state index in [0.29, 0.717) is 17.8 Å². The number of rotatable bonds is 5. The second-order valence-electron chi connectivity index (χ2n) is 4.23. The Morgan fingerprint density at radius 3 is 2.06 bits per heavy atom. The van der Waals surface area contributed by atoms with Crippen molar-refractivity contribution in [2.45, 2.75) is 18.8 Å². The van der Waals surface area contributed by atoms with Gasteiger partial charge in [0.1, 0.15) is 18.0 Å². The van der Waals surface area contributed by atoms with Crippen molar-refractivity contribution in [2.24, 2.45) is 0 Å². The fourth-order valence-corrected chi connectivity index (χ4v) is 1.30. The first-order valence-corrected chi connectivity index (χ1v) is 5.98. The van der Waals surface area contributed by atoms with Crippen LogP contribution in [0.15, 0.2) is 24.3 Å². The molecule has 2 N–H and O–H groups in total. The van der Waals surface area contributed by atoms with Crippen LogP contribution in [-0.4, -0.2) is 48.8 Å². The Kier molecular flexibility index (Phi) is 4.95. The number of aromatic hydroxyl groups is 1. The van der Waals surface area contributed by atoms with Crippen LogP contribution in [0.1, 0.15) is 5.56 Å². The average Bonchev–Trinajstić information content (AvgIpc) is 3.25. The van der Waals surface area contributed by atoms with Gasteiger partial charge in [-0.3, -0.25) is 0 Å². The van der Waals surface area contributed by atoms with E-state index in [1.165, 1.54) is 0 Å². The minimum atomic E-state index is -0.104. The van der Waals surface area contributed by atoms with Gasteiger partial charge in [0, 0.05) is 5.56 Å². The molecule has 2 aliphatic heterocycles. The summed E-state index contributed by atoms with van der Waals surface area (Å²) >= 11 is 0. The Balaban J connectivity index is 0.000000134. The lowest BCUT2D eigenvalue weighted by atomic mass is 10.2. The van der Waals surface area contributed by atoms with Crippen molar-refractivity contribution in [1.29, 1.82) is 0 Å². The third kappa shape index (κ3) is 5.01. The van der Waals surface area contributed by atoms with Crippen LogP contribution in [0.4, 0.5) is 0 Å². The van der Waals surface area contributed by atoms with E-state index in [9.17, 15) is 0 Å². The van der Waals surface area contributed by atoms with Gasteiger partial charge in [-0.15, -0.1) is 0 Å². The Bertz CT molecular complexity index is 348. The number of hydrogen-bond acceptors (Lipinski definition) is 5. The number of hydrogen-bond donors (Lipinski definition) is 2. The molecule has 18 heavy (non-hydrogen) atoms. The summed E-state index contributed by atoms with van der Waals surface area (Å²) in [4.78, 5) is 0. The van der Waals surface area contributed by atoms with Gasteiger partial charge in [0.25, 0.3) is 0 Å². The molecule has 2 fully saturated rings. The molecule has 2 saturated heterocycles. The van der Waals surface area contributed by atoms with E-state index in [0.717, 1.165) is 26.4 Å². The van der Waals surface area contributed by atoms with Crippen molar-refractivity contribution in [3.63, 3.8) is 0 Å². The summed E-state index contributed by atoms with van der Waals surface area (Å²) in [7, 11) is 0. The van der Waals surface area contributed by atoms with Gasteiger partial charge in [-0.25, -0.2) is 0 Å². The zero-order valence-corrected chi connectivity index (χ0v) is 10.1. The molecule has 2 atom stereocenters. The number of aliphatic hydroxyl groups excluding tert-OH is 1. The number of epoxide rings is 2. The Morgan fingerprint density at radius 1 is 1.11 bits per heavy atom. The zero-order valence-electron chi connectivity index (χ0n) is 10.1. The molecule has 3 rings (SSSR count). The van der Waals surface area contributed by atoms with Crippen molar-refractivity contribution in [1.82, 2.24) is 0 Å². The summed E-state index contributed by atoms with van der Waals surface area (Å²) in [5, 5.41) is 17.5. The number of aliphatic hydroxyl groups is 1. The highest BCUT2D eigenvalue weighted by Crippen LogP contribution is 2.14. The lowest BCUT2D eigenvalue weighted by Crippen LogP contribution is -2.06. The first-order valence-electron chi connectivity index (χ1n) is 5.98. The van der Waals surface area contributed by atoms with E-state index in [2.05, 4.69) is 0 Å². The summed E-state index contributed by atoms with van der Waals surface area (Å²) < 4.78 is 15.1. The Hall–Kier alpha value is -1.14. The minimum absolute atomic E-state index is 0.104. The molecule has 100 valence electrons. The van der Waals surface area contributed by atoms with Gasteiger partial charge in [-0.05, 0) is 6.07 Å². The molecular formula is C13H18O5. The molecule has 0 saturated carbocycles. The molecule has 0 radical (unpaired) electrons. The summed E-state index contributed by atoms with van der Waals surface area (Å²) in [6.07, 6.45) is 0.785. The Labute approximate surface area is 106 Å². The van der Waals surface area contributed by atoms with Crippen molar-refractivity contribution in [2.75, 3.05) is 26.4 Å². The van der Waals surface area contributed by atoms with Crippen LogP contribution in [-0.2, 0) is 20.8 Å². The third-order valence-corrected chi connectivity index (χ3v) is 2.57. The molecule has 1 aromatic rings. The molecule has 2 heterocycles. The lowest BCUT2D eigenvalue weighted by molar-refractivity contribution is 0.102. The number of ether oxygens (including phenoxy) is 3. The molecule has 2 unspecified atom stereocenters. The quantitative estimate of drug-likeness (QED) is 0.756. The Morgan fingerprint density at radius 2 is 1.67 bits per heavy atom. The monoisotopic (exact) mass is 254 g/mol. The van der Waals surface area contributed by atoms with Crippen LogP contribution in [0.5, 0.6) is 5.75 Å². The smallest absolute Gasteiger partial charge is 0.121 e. The normalized spacial score (nSPS) is 24.1. The zero-order chi connectivity index (χ0) is 12.8. The maximum atomic E-state index is 8.95. The highest BCUT2D eigenvalue weighted by atomic mass is 16.6. The molecule has 0 aromatic heterocycles. The summed E-state index contributed by atoms with van der Waals surface area (Å²) in [5.41, 5.74) is 0.567. The molecule has 1 aromatic carbocycles. The van der Waals surface area contributed by atoms with Crippen molar-refractivity contribution in [3.8, 4) is 5.75 Å². The maximum Gasteiger partial charge on any atom is 0.121 e. The van der Waals surface area contributed by atoms with Crippen LogP contribution in [0.2, 0.25) is 0 Å². The molecule has 5 heteroatoms. The van der Waals surface area contributed by atoms with Gasteiger partial charge in [0.05, 0.1) is 33.0 Å². The van der Waals surface area contributed by atoms with Crippen molar-refractivity contribution < 1.29 is 24.4 Å². The second kappa shape index (κ2) is 6.70. The molecular weight excluding hydrogens is 236 g/mol. The van der Waals surface area contributed by atoms with E-state index >= 15 is 0 Å². The largest absolute Gasteiger partial charge is 0.508 e. The highest BCUT2D eigenvalue weighted by Gasteiger charge is 2.26. The highest BCUT2D eigenvalue weighted by molar-refractivity contribution is 5.30. The standard InChI is InChI=1S/C7H8O2.C6H10O3/c8-5-6-3-1-2-4-7(6)9;1(5-3-8-5)7-2-6-4-9-6/h1-4,8-9H,5H2;5-6H,1-4H2. The molecule has 2 aliphatic rings. The average molecular weight is 254 g/mol. The molecule has 0 aliphatic carbocycles. The SMILES string of the molecule is C(OCC1CO1)C1CO1.OCc1ccccc1O. The van der Waals surface area contributed by atoms with Gasteiger partial charge in [-0.1, -0.05) is 18.2 Å². The fourth-order valence-electron chi connectivity index (χ4n) is 1.30. The van der Waals surface area contributed by atoms with Crippen LogP contribution >= 0.6 is 0 Å². The second-order valence-corrected chi connectivity index (χ2v) is 4.23. The fraction of sp³-hybridized carbons (Fsp3) is 0.538. The molecule has 0 bridgehead atoms. The van der Waals surface area contributed by atoms with E-state index in [-0.39, 0.29) is 12.4 Å². The van der Waals surface area contributed by atoms with Gasteiger partial charge < -0.3 is 24.4 Å². The van der Waals surface area contributed by atoms with E-state index < -0.39 is 0 Å². The first kappa shape index (κ1) is 13.3. The van der Waals surface area contributed by atoms with Crippen molar-refractivity contribution >= 4 is 0 Å². The van der Waals surface area contributed by atoms with Crippen molar-refractivity contribution in [3.05, 3.63) is 29.8 Å². The number of phenols is 1. The van der Waals surface area contributed by atoms with Crippen LogP contribution in [0.25, 0.3) is 0 Å². The predicted molar refractivity (Wildman–Crippen MR) is 64.3 cm³/mol. The predicted octanol–water partition coefficient (Wildman–Crippen LogP) is 0.685.